The molecule has 0 aliphatic carbocycles. The van der Waals surface area contributed by atoms with Crippen LogP contribution >= 0.6 is 11.6 Å². The molecule has 0 aliphatic rings. The first kappa shape index (κ1) is 13.6. The van der Waals surface area contributed by atoms with E-state index in [1.165, 1.54) is 0 Å². The van der Waals surface area contributed by atoms with E-state index in [1.54, 1.807) is 6.07 Å². The molecular weight excluding hydrogens is 290 g/mol. The summed E-state index contributed by atoms with van der Waals surface area (Å²) in [6.45, 7) is 1.97. The zero-order chi connectivity index (χ0) is 15.0. The van der Waals surface area contributed by atoms with E-state index in [-0.39, 0.29) is 5.89 Å². The molecule has 0 saturated carbocycles. The summed E-state index contributed by atoms with van der Waals surface area (Å²) in [4.78, 5) is 15.1. The lowest BCUT2D eigenvalue weighted by Crippen LogP contribution is -1.97. The number of nitrogens with zero attached hydrogens (tertiary/aromatic N) is 1. The Labute approximate surface area is 126 Å². The Balaban J connectivity index is 2.12. The average molecular weight is 302 g/mol. The van der Waals surface area contributed by atoms with Crippen molar-refractivity contribution in [3.05, 3.63) is 64.0 Å². The van der Waals surface area contributed by atoms with Gasteiger partial charge in [-0.05, 0) is 41.8 Å². The molecule has 0 saturated heterocycles. The van der Waals surface area contributed by atoms with Gasteiger partial charge in [-0.1, -0.05) is 29.8 Å². The second kappa shape index (κ2) is 5.22. The topological polar surface area (TPSA) is 63.3 Å². The zero-order valence-electron chi connectivity index (χ0n) is 11.3. The first-order chi connectivity index (χ1) is 10.0. The molecule has 0 aliphatic heterocycles. The number of aromatic carboxylic acids is 1. The van der Waals surface area contributed by atoms with Gasteiger partial charge in [0.15, 0.2) is 5.58 Å². The van der Waals surface area contributed by atoms with E-state index in [1.807, 2.05) is 37.3 Å². The maximum atomic E-state index is 11.0. The van der Waals surface area contributed by atoms with Gasteiger partial charge >= 0.3 is 11.9 Å². The normalized spacial score (nSPS) is 11.0. The first-order valence-corrected chi connectivity index (χ1v) is 6.79. The smallest absolute Gasteiger partial charge is 0.392 e. The van der Waals surface area contributed by atoms with Crippen LogP contribution in [0.1, 0.15) is 27.4 Å². The Morgan fingerprint density at radius 2 is 2.14 bits per heavy atom. The van der Waals surface area contributed by atoms with E-state index in [2.05, 4.69) is 4.98 Å². The van der Waals surface area contributed by atoms with Crippen molar-refractivity contribution >= 4 is 28.7 Å². The molecule has 0 radical (unpaired) electrons. The van der Waals surface area contributed by atoms with Gasteiger partial charge in [-0.3, -0.25) is 0 Å². The molecule has 4 nitrogen and oxygen atoms in total. The van der Waals surface area contributed by atoms with E-state index >= 15 is 0 Å². The number of hydrogen-bond donors (Lipinski definition) is 1. The molecule has 1 N–H and O–H groups in total. The number of halogens is 1. The number of rotatable bonds is 3. The van der Waals surface area contributed by atoms with Crippen LogP contribution in [-0.2, 0) is 6.42 Å². The quantitative estimate of drug-likeness (QED) is 0.791. The van der Waals surface area contributed by atoms with Crippen molar-refractivity contribution < 1.29 is 14.3 Å². The van der Waals surface area contributed by atoms with Crippen molar-refractivity contribution in [1.29, 1.82) is 0 Å². The summed E-state index contributed by atoms with van der Waals surface area (Å²) in [7, 11) is 0. The van der Waals surface area contributed by atoms with E-state index < -0.39 is 5.97 Å². The van der Waals surface area contributed by atoms with Crippen LogP contribution in [0.15, 0.2) is 40.8 Å². The minimum absolute atomic E-state index is 0.289. The van der Waals surface area contributed by atoms with Crippen molar-refractivity contribution in [2.75, 3.05) is 0 Å². The lowest BCUT2D eigenvalue weighted by atomic mass is 9.99. The van der Waals surface area contributed by atoms with Crippen molar-refractivity contribution in [2.45, 2.75) is 13.3 Å². The predicted octanol–water partition coefficient (Wildman–Crippen LogP) is 4.08. The molecule has 106 valence electrons. The number of hydrogen-bond acceptors (Lipinski definition) is 3. The molecule has 3 rings (SSSR count). The molecule has 0 unspecified atom stereocenters. The molecule has 5 heteroatoms. The monoisotopic (exact) mass is 301 g/mol. The zero-order valence-corrected chi connectivity index (χ0v) is 12.0. The molecule has 2 aromatic carbocycles. The number of aromatic nitrogens is 1. The van der Waals surface area contributed by atoms with E-state index in [4.69, 9.17) is 21.1 Å². The molecule has 3 aromatic rings. The predicted molar refractivity (Wildman–Crippen MR) is 80.0 cm³/mol. The molecule has 1 heterocycles. The minimum atomic E-state index is -1.17. The standard InChI is InChI=1S/C16H12ClNO3/c1-9-5-6-13-14(18-15(21-13)16(19)20)12(9)8-10-3-2-4-11(17)7-10/h2-7H,8H2,1H3,(H,19,20). The molecule has 1 aromatic heterocycles. The second-order valence-electron chi connectivity index (χ2n) is 4.84. The highest BCUT2D eigenvalue weighted by Gasteiger charge is 2.16. The van der Waals surface area contributed by atoms with Crippen LogP contribution < -0.4 is 0 Å². The van der Waals surface area contributed by atoms with Crippen molar-refractivity contribution in [1.82, 2.24) is 4.98 Å². The summed E-state index contributed by atoms with van der Waals surface area (Å²) in [6.07, 6.45) is 0.620. The van der Waals surface area contributed by atoms with Crippen LogP contribution in [0, 0.1) is 6.92 Å². The van der Waals surface area contributed by atoms with Crippen molar-refractivity contribution in [3.8, 4) is 0 Å². The maximum absolute atomic E-state index is 11.0. The summed E-state index contributed by atoms with van der Waals surface area (Å²) in [5.41, 5.74) is 4.10. The van der Waals surface area contributed by atoms with Crippen LogP contribution in [0.4, 0.5) is 0 Å². The molecule has 0 amide bonds. The Morgan fingerprint density at radius 1 is 1.33 bits per heavy atom. The average Bonchev–Trinajstić information content (AvgIpc) is 2.87. The molecule has 0 atom stereocenters. The van der Waals surface area contributed by atoms with Crippen molar-refractivity contribution in [3.63, 3.8) is 0 Å². The highest BCUT2D eigenvalue weighted by molar-refractivity contribution is 6.30. The SMILES string of the molecule is Cc1ccc2oc(C(=O)O)nc2c1Cc1cccc(Cl)c1. The van der Waals surface area contributed by atoms with Crippen LogP contribution in [0.3, 0.4) is 0 Å². The fourth-order valence-corrected chi connectivity index (χ4v) is 2.53. The highest BCUT2D eigenvalue weighted by Crippen LogP contribution is 2.26. The van der Waals surface area contributed by atoms with Gasteiger partial charge in [0.25, 0.3) is 0 Å². The number of aryl methyl sites for hydroxylation is 1. The van der Waals surface area contributed by atoms with Gasteiger partial charge in [0, 0.05) is 11.4 Å². The maximum Gasteiger partial charge on any atom is 0.392 e. The van der Waals surface area contributed by atoms with Gasteiger partial charge in [0.1, 0.15) is 5.52 Å². The summed E-state index contributed by atoms with van der Waals surface area (Å²) in [5, 5.41) is 9.67. The third kappa shape index (κ3) is 2.62. The summed E-state index contributed by atoms with van der Waals surface area (Å²) < 4.78 is 5.25. The first-order valence-electron chi connectivity index (χ1n) is 6.41. The van der Waals surface area contributed by atoms with Crippen LogP contribution in [0.5, 0.6) is 0 Å². The van der Waals surface area contributed by atoms with Crippen LogP contribution in [-0.4, -0.2) is 16.1 Å². The molecular formula is C16H12ClNO3. The fourth-order valence-electron chi connectivity index (χ4n) is 2.31. The lowest BCUT2D eigenvalue weighted by Gasteiger charge is -2.06. The van der Waals surface area contributed by atoms with Gasteiger partial charge in [0.05, 0.1) is 0 Å². The number of carbonyl (C=O) groups is 1. The van der Waals surface area contributed by atoms with Gasteiger partial charge in [-0.25, -0.2) is 9.78 Å². The number of oxazole rings is 1. The van der Waals surface area contributed by atoms with E-state index in [0.717, 1.165) is 16.7 Å². The van der Waals surface area contributed by atoms with Crippen LogP contribution in [0.25, 0.3) is 11.1 Å². The largest absolute Gasteiger partial charge is 0.474 e. The van der Waals surface area contributed by atoms with Crippen molar-refractivity contribution in [2.24, 2.45) is 0 Å². The third-order valence-electron chi connectivity index (χ3n) is 3.35. The molecule has 0 bridgehead atoms. The van der Waals surface area contributed by atoms with Gasteiger partial charge in [-0.2, -0.15) is 0 Å². The minimum Gasteiger partial charge on any atom is -0.474 e. The molecule has 0 spiro atoms. The highest BCUT2D eigenvalue weighted by atomic mass is 35.5. The Bertz CT molecular complexity index is 839. The summed E-state index contributed by atoms with van der Waals surface area (Å²) in [6, 6.07) is 11.2. The number of benzene rings is 2. The summed E-state index contributed by atoms with van der Waals surface area (Å²) in [5.74, 6) is -1.46. The Morgan fingerprint density at radius 3 is 2.86 bits per heavy atom. The van der Waals surface area contributed by atoms with E-state index in [0.29, 0.717) is 22.5 Å². The lowest BCUT2D eigenvalue weighted by molar-refractivity contribution is 0.0656. The fraction of sp³-hybridized carbons (Fsp3) is 0.125. The number of carboxylic acids is 1. The third-order valence-corrected chi connectivity index (χ3v) is 3.59. The molecule has 0 fully saturated rings. The Kier molecular flexibility index (Phi) is 3.39. The Hall–Kier alpha value is -2.33. The van der Waals surface area contributed by atoms with Gasteiger partial charge in [-0.15, -0.1) is 0 Å². The van der Waals surface area contributed by atoms with Gasteiger partial charge < -0.3 is 9.52 Å². The van der Waals surface area contributed by atoms with Gasteiger partial charge in [0.2, 0.25) is 0 Å². The number of carboxylic acid groups (broad SMARTS) is 1. The van der Waals surface area contributed by atoms with Crippen LogP contribution in [0.2, 0.25) is 5.02 Å². The van der Waals surface area contributed by atoms with E-state index in [9.17, 15) is 4.79 Å². The number of fused-ring (bicyclic) bond motifs is 1. The second-order valence-corrected chi connectivity index (χ2v) is 5.28. The summed E-state index contributed by atoms with van der Waals surface area (Å²) >= 11 is 6.00. The molecule has 21 heavy (non-hydrogen) atoms.